The van der Waals surface area contributed by atoms with Gasteiger partial charge >= 0.3 is 0 Å². The van der Waals surface area contributed by atoms with Crippen LogP contribution in [0.4, 0.5) is 0 Å². The Bertz CT molecular complexity index is 586. The summed E-state index contributed by atoms with van der Waals surface area (Å²) in [5, 5.41) is 17.3. The molecular weight excluding hydrogens is 473 g/mol. The van der Waals surface area contributed by atoms with Gasteiger partial charge in [-0.05, 0) is 31.7 Å². The minimum atomic E-state index is -0.727. The molecule has 1 aromatic carbocycles. The summed E-state index contributed by atoms with van der Waals surface area (Å²) < 4.78 is 12.1. The van der Waals surface area contributed by atoms with E-state index in [1.54, 1.807) is 0 Å². The summed E-state index contributed by atoms with van der Waals surface area (Å²) in [6.45, 7) is 5.17. The number of nitrogens with zero attached hydrogens (tertiary/aromatic N) is 1. The van der Waals surface area contributed by atoms with E-state index in [1.807, 2.05) is 44.2 Å². The molecule has 0 bridgehead atoms. The van der Waals surface area contributed by atoms with Crippen LogP contribution in [0.25, 0.3) is 0 Å². The Morgan fingerprint density at radius 3 is 2.70 bits per heavy atom. The standard InChI is InChI=1S/C20H33N3O2S.HI/c1-3-21-20(22-15-18(24)13-16-9-6-5-7-10-16)23-17-11-8-12-19(14-17)26(25)4-2;/h5-7,9-10,17-19,24H,3-4,8,11-15H2,1-2H3,(H2,21,22,23);1H. The van der Waals surface area contributed by atoms with Gasteiger partial charge in [-0.3, -0.25) is 9.20 Å². The molecule has 0 amide bonds. The highest BCUT2D eigenvalue weighted by molar-refractivity contribution is 14.0. The Labute approximate surface area is 183 Å². The maximum atomic E-state index is 12.1. The van der Waals surface area contributed by atoms with Crippen LogP contribution in [-0.4, -0.2) is 51.5 Å². The summed E-state index contributed by atoms with van der Waals surface area (Å²) in [5.74, 6) is 1.48. The van der Waals surface area contributed by atoms with Crippen molar-refractivity contribution in [2.75, 3.05) is 18.8 Å². The van der Waals surface area contributed by atoms with Crippen molar-refractivity contribution in [3.8, 4) is 0 Å². The second-order valence-electron chi connectivity index (χ2n) is 6.86. The van der Waals surface area contributed by atoms with Crippen molar-refractivity contribution in [1.82, 2.24) is 10.6 Å². The molecule has 1 aliphatic rings. The summed E-state index contributed by atoms with van der Waals surface area (Å²) >= 11 is 0. The van der Waals surface area contributed by atoms with Crippen LogP contribution in [0.2, 0.25) is 0 Å². The average Bonchev–Trinajstić information content (AvgIpc) is 2.66. The highest BCUT2D eigenvalue weighted by Gasteiger charge is 2.26. The second kappa shape index (κ2) is 13.5. The van der Waals surface area contributed by atoms with E-state index in [2.05, 4.69) is 15.6 Å². The normalized spacial score (nSPS) is 22.4. The molecule has 0 aromatic heterocycles. The lowest BCUT2D eigenvalue weighted by atomic mass is 9.95. The van der Waals surface area contributed by atoms with E-state index in [4.69, 9.17) is 0 Å². The molecule has 3 N–H and O–H groups in total. The molecular formula is C20H34IN3O2S. The first kappa shape index (κ1) is 24.4. The third-order valence-electron chi connectivity index (χ3n) is 4.74. The fourth-order valence-corrected chi connectivity index (χ4v) is 4.76. The maximum absolute atomic E-state index is 12.1. The van der Waals surface area contributed by atoms with Gasteiger partial charge < -0.3 is 15.7 Å². The zero-order valence-corrected chi connectivity index (χ0v) is 19.5. The molecule has 1 aromatic rings. The van der Waals surface area contributed by atoms with Crippen molar-refractivity contribution in [3.05, 3.63) is 35.9 Å². The van der Waals surface area contributed by atoms with Crippen LogP contribution in [0.5, 0.6) is 0 Å². The Balaban J connectivity index is 0.00000364. The number of halogens is 1. The van der Waals surface area contributed by atoms with Crippen LogP contribution in [0.3, 0.4) is 0 Å². The van der Waals surface area contributed by atoms with E-state index in [1.165, 1.54) is 0 Å². The van der Waals surface area contributed by atoms with Crippen LogP contribution in [0.15, 0.2) is 35.3 Å². The van der Waals surface area contributed by atoms with E-state index in [9.17, 15) is 9.32 Å². The largest absolute Gasteiger partial charge is 0.391 e. The van der Waals surface area contributed by atoms with Crippen LogP contribution >= 0.6 is 24.0 Å². The average molecular weight is 507 g/mol. The van der Waals surface area contributed by atoms with Gasteiger partial charge in [0.15, 0.2) is 5.96 Å². The number of aliphatic hydroxyl groups excluding tert-OH is 1. The number of aliphatic hydroxyl groups is 1. The zero-order valence-electron chi connectivity index (χ0n) is 16.4. The number of aliphatic imine (C=N–C) groups is 1. The first-order valence-electron chi connectivity index (χ1n) is 9.76. The quantitative estimate of drug-likeness (QED) is 0.288. The van der Waals surface area contributed by atoms with Gasteiger partial charge in [-0.15, -0.1) is 24.0 Å². The van der Waals surface area contributed by atoms with Gasteiger partial charge in [0.25, 0.3) is 0 Å². The topological polar surface area (TPSA) is 73.7 Å². The molecule has 4 atom stereocenters. The van der Waals surface area contributed by atoms with E-state index in [-0.39, 0.29) is 29.2 Å². The van der Waals surface area contributed by atoms with E-state index < -0.39 is 16.9 Å². The van der Waals surface area contributed by atoms with Crippen LogP contribution in [-0.2, 0) is 17.2 Å². The number of rotatable bonds is 8. The fourth-order valence-electron chi connectivity index (χ4n) is 3.41. The van der Waals surface area contributed by atoms with Crippen LogP contribution in [0, 0.1) is 0 Å². The van der Waals surface area contributed by atoms with Crippen molar-refractivity contribution in [2.45, 2.75) is 63.3 Å². The maximum Gasteiger partial charge on any atom is 0.191 e. The zero-order chi connectivity index (χ0) is 18.8. The molecule has 0 aliphatic heterocycles. The van der Waals surface area contributed by atoms with E-state index >= 15 is 0 Å². The molecule has 4 unspecified atom stereocenters. The van der Waals surface area contributed by atoms with Crippen molar-refractivity contribution in [1.29, 1.82) is 0 Å². The predicted molar refractivity (Wildman–Crippen MR) is 125 cm³/mol. The number of hydrogen-bond acceptors (Lipinski definition) is 3. The van der Waals surface area contributed by atoms with Gasteiger partial charge in [-0.25, -0.2) is 0 Å². The van der Waals surface area contributed by atoms with Gasteiger partial charge in [-0.2, -0.15) is 0 Å². The third kappa shape index (κ3) is 8.91. The molecule has 0 spiro atoms. The Morgan fingerprint density at radius 2 is 2.04 bits per heavy atom. The van der Waals surface area contributed by atoms with Crippen molar-refractivity contribution < 1.29 is 9.32 Å². The van der Waals surface area contributed by atoms with E-state index in [0.29, 0.717) is 19.0 Å². The minimum absolute atomic E-state index is 0. The molecule has 7 heteroatoms. The Hall–Kier alpha value is -0.670. The van der Waals surface area contributed by atoms with Crippen molar-refractivity contribution in [2.24, 2.45) is 4.99 Å². The Kier molecular flexibility index (Phi) is 12.2. The van der Waals surface area contributed by atoms with Gasteiger partial charge in [0.1, 0.15) is 0 Å². The molecule has 0 heterocycles. The molecule has 27 heavy (non-hydrogen) atoms. The molecule has 5 nitrogen and oxygen atoms in total. The van der Waals surface area contributed by atoms with Gasteiger partial charge in [0.05, 0.1) is 12.6 Å². The van der Waals surface area contributed by atoms with Gasteiger partial charge in [0.2, 0.25) is 0 Å². The summed E-state index contributed by atoms with van der Waals surface area (Å²) in [4.78, 5) is 4.56. The molecule has 1 aliphatic carbocycles. The summed E-state index contributed by atoms with van der Waals surface area (Å²) in [6, 6.07) is 10.3. The fraction of sp³-hybridized carbons (Fsp3) is 0.650. The number of nitrogens with one attached hydrogen (secondary N) is 2. The summed E-state index contributed by atoms with van der Waals surface area (Å²) in [6.07, 6.45) is 4.27. The number of benzene rings is 1. The molecule has 2 rings (SSSR count). The Morgan fingerprint density at radius 1 is 1.30 bits per heavy atom. The number of guanidine groups is 1. The SMILES string of the molecule is CCNC(=NCC(O)Cc1ccccc1)NC1CCCC(S(=O)CC)C1.I. The summed E-state index contributed by atoms with van der Waals surface area (Å²) in [5.41, 5.74) is 1.12. The van der Waals surface area contributed by atoms with Crippen LogP contribution in [0.1, 0.15) is 45.1 Å². The highest BCUT2D eigenvalue weighted by Crippen LogP contribution is 2.23. The lowest BCUT2D eigenvalue weighted by Crippen LogP contribution is -2.47. The van der Waals surface area contributed by atoms with Crippen LogP contribution < -0.4 is 10.6 Å². The smallest absolute Gasteiger partial charge is 0.191 e. The first-order valence-corrected chi connectivity index (χ1v) is 11.1. The van der Waals surface area contributed by atoms with Gasteiger partial charge in [0, 0.05) is 40.8 Å². The molecule has 0 saturated heterocycles. The predicted octanol–water partition coefficient (Wildman–Crippen LogP) is 2.84. The lowest BCUT2D eigenvalue weighted by Gasteiger charge is -2.30. The third-order valence-corrected chi connectivity index (χ3v) is 6.48. The van der Waals surface area contributed by atoms with Crippen molar-refractivity contribution in [3.63, 3.8) is 0 Å². The molecule has 1 fully saturated rings. The highest BCUT2D eigenvalue weighted by atomic mass is 127. The molecule has 0 radical (unpaired) electrons. The molecule has 1 saturated carbocycles. The minimum Gasteiger partial charge on any atom is -0.391 e. The van der Waals surface area contributed by atoms with E-state index in [0.717, 1.165) is 49.5 Å². The lowest BCUT2D eigenvalue weighted by molar-refractivity contribution is 0.183. The van der Waals surface area contributed by atoms with Crippen molar-refractivity contribution >= 4 is 40.7 Å². The molecule has 154 valence electrons. The first-order chi connectivity index (χ1) is 12.6. The number of hydrogen-bond donors (Lipinski definition) is 3. The summed E-state index contributed by atoms with van der Waals surface area (Å²) in [7, 11) is -0.727. The second-order valence-corrected chi connectivity index (χ2v) is 8.87. The van der Waals surface area contributed by atoms with Gasteiger partial charge in [-0.1, -0.05) is 43.7 Å². The monoisotopic (exact) mass is 507 g/mol.